The van der Waals surface area contributed by atoms with Crippen molar-refractivity contribution in [1.82, 2.24) is 19.9 Å². The first-order valence-corrected chi connectivity index (χ1v) is 9.86. The summed E-state index contributed by atoms with van der Waals surface area (Å²) in [7, 11) is 0. The second-order valence-electron chi connectivity index (χ2n) is 7.08. The minimum Gasteiger partial charge on any atom is -0.475 e. The number of nitrogens with zero attached hydrogens (tertiary/aromatic N) is 4. The summed E-state index contributed by atoms with van der Waals surface area (Å²) in [5.74, 6) is -3.20. The van der Waals surface area contributed by atoms with Crippen molar-refractivity contribution in [3.63, 3.8) is 0 Å². The minimum absolute atomic E-state index is 0.412. The molecule has 0 saturated carbocycles. The van der Waals surface area contributed by atoms with Crippen molar-refractivity contribution in [3.05, 3.63) is 48.5 Å². The summed E-state index contributed by atoms with van der Waals surface area (Å²) in [4.78, 5) is 37.0. The Balaban J connectivity index is 0.000000257. The standard InChI is InChI=1S/C16H17N5.2C2HF3O2/c1-2-7-14-13(6-1)19-15(20-14)12-5-3-10-21(11-12)16-17-8-4-9-18-16;2*3-2(4,5)1(6)7/h1-2,4,6-9,12H,3,5,10-11H2,(H,19,20);2*(H,6,7). The molecule has 3 N–H and O–H groups in total. The number of aromatic nitrogens is 4. The van der Waals surface area contributed by atoms with Gasteiger partial charge in [-0.1, -0.05) is 12.1 Å². The molecule has 2 aromatic heterocycles. The van der Waals surface area contributed by atoms with Crippen LogP contribution in [0.5, 0.6) is 0 Å². The van der Waals surface area contributed by atoms with Crippen LogP contribution in [0.3, 0.4) is 0 Å². The number of benzene rings is 1. The largest absolute Gasteiger partial charge is 0.490 e. The van der Waals surface area contributed by atoms with Crippen LogP contribution in [0.4, 0.5) is 32.3 Å². The number of alkyl halides is 6. The van der Waals surface area contributed by atoms with Gasteiger partial charge in [-0.2, -0.15) is 26.3 Å². The van der Waals surface area contributed by atoms with Gasteiger partial charge in [-0.25, -0.2) is 24.5 Å². The molecule has 35 heavy (non-hydrogen) atoms. The zero-order valence-electron chi connectivity index (χ0n) is 17.7. The summed E-state index contributed by atoms with van der Waals surface area (Å²) in [6, 6.07) is 10.0. The summed E-state index contributed by atoms with van der Waals surface area (Å²) in [5, 5.41) is 14.2. The van der Waals surface area contributed by atoms with Crippen LogP contribution in [0, 0.1) is 0 Å². The van der Waals surface area contributed by atoms with Crippen molar-refractivity contribution < 1.29 is 46.1 Å². The number of carboxylic acids is 2. The molecule has 1 aliphatic heterocycles. The molecule has 0 amide bonds. The number of rotatable bonds is 2. The predicted octanol–water partition coefficient (Wildman–Crippen LogP) is 4.00. The Morgan fingerprint density at radius 3 is 2.00 bits per heavy atom. The number of carboxylic acid groups (broad SMARTS) is 2. The summed E-state index contributed by atoms with van der Waals surface area (Å²) in [6.07, 6.45) is -4.27. The molecule has 1 aliphatic rings. The Hall–Kier alpha value is -3.91. The second kappa shape index (κ2) is 11.5. The molecule has 1 fully saturated rings. The first kappa shape index (κ1) is 27.3. The third kappa shape index (κ3) is 8.42. The van der Waals surface area contributed by atoms with E-state index in [0.29, 0.717) is 5.92 Å². The molecule has 1 aromatic carbocycles. The van der Waals surface area contributed by atoms with Gasteiger partial charge in [-0.15, -0.1) is 0 Å². The normalized spacial score (nSPS) is 15.9. The van der Waals surface area contributed by atoms with Crippen molar-refractivity contribution in [2.75, 3.05) is 18.0 Å². The highest BCUT2D eigenvalue weighted by Crippen LogP contribution is 2.28. The van der Waals surface area contributed by atoms with Gasteiger partial charge < -0.3 is 20.1 Å². The molecule has 0 spiro atoms. The highest BCUT2D eigenvalue weighted by atomic mass is 19.4. The Labute approximate surface area is 193 Å². The molecule has 0 radical (unpaired) electrons. The van der Waals surface area contributed by atoms with E-state index in [4.69, 9.17) is 24.8 Å². The maximum atomic E-state index is 10.6. The Bertz CT molecular complexity index is 1060. The van der Waals surface area contributed by atoms with Gasteiger partial charge in [0.2, 0.25) is 5.95 Å². The Morgan fingerprint density at radius 2 is 1.49 bits per heavy atom. The van der Waals surface area contributed by atoms with Crippen LogP contribution >= 0.6 is 0 Å². The third-order valence-electron chi connectivity index (χ3n) is 4.54. The van der Waals surface area contributed by atoms with Crippen molar-refractivity contribution >= 4 is 28.9 Å². The number of fused-ring (bicyclic) bond motifs is 1. The molecule has 190 valence electrons. The number of anilines is 1. The smallest absolute Gasteiger partial charge is 0.475 e. The molecule has 1 unspecified atom stereocenters. The van der Waals surface area contributed by atoms with E-state index >= 15 is 0 Å². The maximum Gasteiger partial charge on any atom is 0.490 e. The zero-order valence-corrected chi connectivity index (χ0v) is 17.7. The zero-order chi connectivity index (χ0) is 26.2. The van der Waals surface area contributed by atoms with Gasteiger partial charge in [0.25, 0.3) is 0 Å². The van der Waals surface area contributed by atoms with Crippen LogP contribution in [0.25, 0.3) is 11.0 Å². The molecular weight excluding hydrogens is 488 g/mol. The fourth-order valence-electron chi connectivity index (χ4n) is 3.00. The lowest BCUT2D eigenvalue weighted by Gasteiger charge is -2.31. The maximum absolute atomic E-state index is 10.6. The molecule has 4 rings (SSSR count). The highest BCUT2D eigenvalue weighted by Gasteiger charge is 2.38. The monoisotopic (exact) mass is 507 g/mol. The van der Waals surface area contributed by atoms with Gasteiger partial charge >= 0.3 is 24.3 Å². The molecule has 3 heterocycles. The minimum atomic E-state index is -5.08. The molecular formula is C20H19F6N5O4. The molecule has 1 atom stereocenters. The predicted molar refractivity (Wildman–Crippen MR) is 110 cm³/mol. The highest BCUT2D eigenvalue weighted by molar-refractivity contribution is 5.75. The van der Waals surface area contributed by atoms with E-state index in [2.05, 4.69) is 32.0 Å². The van der Waals surface area contributed by atoms with Crippen molar-refractivity contribution in [1.29, 1.82) is 0 Å². The van der Waals surface area contributed by atoms with Gasteiger partial charge in [0, 0.05) is 31.4 Å². The van der Waals surface area contributed by atoms with E-state index in [0.717, 1.165) is 48.7 Å². The summed E-state index contributed by atoms with van der Waals surface area (Å²) < 4.78 is 63.5. The van der Waals surface area contributed by atoms with E-state index in [9.17, 15) is 26.3 Å². The number of aliphatic carboxylic acids is 2. The van der Waals surface area contributed by atoms with Crippen molar-refractivity contribution in [3.8, 4) is 0 Å². The van der Waals surface area contributed by atoms with E-state index in [-0.39, 0.29) is 0 Å². The molecule has 15 heteroatoms. The van der Waals surface area contributed by atoms with E-state index < -0.39 is 24.3 Å². The third-order valence-corrected chi connectivity index (χ3v) is 4.54. The Morgan fingerprint density at radius 1 is 0.943 bits per heavy atom. The van der Waals surface area contributed by atoms with Crippen LogP contribution in [-0.2, 0) is 9.59 Å². The number of piperidine rings is 1. The van der Waals surface area contributed by atoms with Gasteiger partial charge in [0.05, 0.1) is 11.0 Å². The fraction of sp³-hybridized carbons (Fsp3) is 0.350. The first-order chi connectivity index (χ1) is 16.3. The number of H-pyrrole nitrogens is 1. The first-order valence-electron chi connectivity index (χ1n) is 9.86. The number of hydrogen-bond donors (Lipinski definition) is 3. The summed E-state index contributed by atoms with van der Waals surface area (Å²) in [6.45, 7) is 1.94. The average molecular weight is 507 g/mol. The Kier molecular flexibility index (Phi) is 8.97. The quantitative estimate of drug-likeness (QED) is 0.444. The summed E-state index contributed by atoms with van der Waals surface area (Å²) >= 11 is 0. The number of carbonyl (C=O) groups is 2. The molecule has 1 saturated heterocycles. The van der Waals surface area contributed by atoms with Crippen molar-refractivity contribution in [2.45, 2.75) is 31.1 Å². The molecule has 0 aliphatic carbocycles. The summed E-state index contributed by atoms with van der Waals surface area (Å²) in [5.41, 5.74) is 2.15. The molecule has 9 nitrogen and oxygen atoms in total. The van der Waals surface area contributed by atoms with Crippen molar-refractivity contribution in [2.24, 2.45) is 0 Å². The van der Waals surface area contributed by atoms with E-state index in [1.165, 1.54) is 0 Å². The molecule has 0 bridgehead atoms. The van der Waals surface area contributed by atoms with Crippen LogP contribution in [0.1, 0.15) is 24.6 Å². The lowest BCUT2D eigenvalue weighted by Crippen LogP contribution is -2.35. The van der Waals surface area contributed by atoms with Gasteiger partial charge in [-0.3, -0.25) is 0 Å². The van der Waals surface area contributed by atoms with Crippen LogP contribution in [-0.4, -0.2) is 67.5 Å². The van der Waals surface area contributed by atoms with Crippen LogP contribution < -0.4 is 4.90 Å². The van der Waals surface area contributed by atoms with Crippen LogP contribution in [0.15, 0.2) is 42.7 Å². The van der Waals surface area contributed by atoms with Crippen LogP contribution in [0.2, 0.25) is 0 Å². The van der Waals surface area contributed by atoms with E-state index in [1.807, 2.05) is 18.2 Å². The number of aromatic amines is 1. The number of para-hydroxylation sites is 2. The average Bonchev–Trinajstić information content (AvgIpc) is 3.24. The number of hydrogen-bond acceptors (Lipinski definition) is 6. The lowest BCUT2D eigenvalue weighted by atomic mass is 9.98. The molecule has 3 aromatic rings. The lowest BCUT2D eigenvalue weighted by molar-refractivity contribution is -0.193. The number of nitrogens with one attached hydrogen (secondary N) is 1. The number of halogens is 6. The second-order valence-corrected chi connectivity index (χ2v) is 7.08. The van der Waals surface area contributed by atoms with Gasteiger partial charge in [0.15, 0.2) is 0 Å². The van der Waals surface area contributed by atoms with Gasteiger partial charge in [-0.05, 0) is 31.0 Å². The fourth-order valence-corrected chi connectivity index (χ4v) is 3.00. The number of imidazole rings is 1. The topological polar surface area (TPSA) is 132 Å². The SMILES string of the molecule is O=C(O)C(F)(F)F.O=C(O)C(F)(F)F.c1cnc(N2CCCC(c3nc4ccccc4[nH]3)C2)nc1. The van der Waals surface area contributed by atoms with E-state index in [1.54, 1.807) is 12.4 Å². The van der Waals surface area contributed by atoms with Gasteiger partial charge in [0.1, 0.15) is 5.82 Å².